The number of aliphatic hydroxyl groups is 1. The molecule has 288 valence electrons. The van der Waals surface area contributed by atoms with Crippen LogP contribution in [0.15, 0.2) is 78.0 Å². The van der Waals surface area contributed by atoms with Gasteiger partial charge >= 0.3 is 5.97 Å². The molecule has 2 fully saturated rings. The summed E-state index contributed by atoms with van der Waals surface area (Å²) in [6.45, 7) is 13.9. The molecular weight excluding hydrogens is 703 g/mol. The second-order valence-corrected chi connectivity index (χ2v) is 19.7. The van der Waals surface area contributed by atoms with Crippen molar-refractivity contribution in [3.8, 4) is 0 Å². The van der Waals surface area contributed by atoms with Crippen LogP contribution in [0.5, 0.6) is 0 Å². The van der Waals surface area contributed by atoms with E-state index in [4.69, 9.17) is 9.47 Å². The van der Waals surface area contributed by atoms with Crippen molar-refractivity contribution in [1.82, 2.24) is 15.0 Å². The van der Waals surface area contributed by atoms with E-state index in [2.05, 4.69) is 43.2 Å². The third-order valence-electron chi connectivity index (χ3n) is 11.1. The topological polar surface area (TPSA) is 147 Å². The van der Waals surface area contributed by atoms with Gasteiger partial charge in [0.15, 0.2) is 20.1 Å². The van der Waals surface area contributed by atoms with Crippen LogP contribution in [0, 0.1) is 5.92 Å². The van der Waals surface area contributed by atoms with E-state index in [-0.39, 0.29) is 36.3 Å². The summed E-state index contributed by atoms with van der Waals surface area (Å²) in [7, 11) is -2.96. The number of allylic oxidation sites excluding steroid dienone is 3. The molecule has 1 spiro atoms. The lowest BCUT2D eigenvalue weighted by Gasteiger charge is -2.39. The standard InChI is InChI=1S/C41H53N5O7Si/c1-26(2)12-11-13-27(3)18-21-45-35-17-16-31(46-37(49)23-38(46)52-29(5)48)22-33(35)41(40(45)50)28(4)39(54(6,7)51)36(53-41)19-20-44-24-34(42-43-44)32(25-47)30-14-9-8-10-15-30/h8-10,12,14-18,22,24,28,32,36,38-39,47,51H,11,13,19-21,23,25H2,1-7H3/b27-18+/t28-,32?,36+,38?,39-,41+/m1/s1. The third-order valence-corrected chi connectivity index (χ3v) is 13.6. The molecule has 6 atom stereocenters. The van der Waals surface area contributed by atoms with Gasteiger partial charge in [0, 0.05) is 48.9 Å². The van der Waals surface area contributed by atoms with Crippen molar-refractivity contribution in [1.29, 1.82) is 0 Å². The number of fused-ring (bicyclic) bond motifs is 2. The van der Waals surface area contributed by atoms with Crippen molar-refractivity contribution in [2.45, 2.75) is 109 Å². The van der Waals surface area contributed by atoms with Gasteiger partial charge < -0.3 is 24.3 Å². The number of esters is 1. The maximum Gasteiger partial charge on any atom is 0.304 e. The summed E-state index contributed by atoms with van der Waals surface area (Å²) in [5.41, 5.74) is 4.11. The number of hydrogen-bond donors (Lipinski definition) is 2. The molecule has 0 aliphatic carbocycles. The van der Waals surface area contributed by atoms with Gasteiger partial charge in [-0.05, 0) is 76.9 Å². The predicted molar refractivity (Wildman–Crippen MR) is 208 cm³/mol. The summed E-state index contributed by atoms with van der Waals surface area (Å²) in [6, 6.07) is 15.1. The van der Waals surface area contributed by atoms with Crippen LogP contribution in [0.25, 0.3) is 0 Å². The fourth-order valence-corrected chi connectivity index (χ4v) is 11.1. The molecule has 3 aromatic rings. The molecule has 6 rings (SSSR count). The first-order chi connectivity index (χ1) is 25.6. The Morgan fingerprint density at radius 3 is 2.50 bits per heavy atom. The molecule has 2 saturated heterocycles. The largest absolute Gasteiger partial charge is 0.441 e. The number of carbonyl (C=O) groups excluding carboxylic acids is 3. The molecule has 2 N–H and O–H groups in total. The summed E-state index contributed by atoms with van der Waals surface area (Å²) in [5, 5.41) is 19.0. The minimum Gasteiger partial charge on any atom is -0.441 e. The molecule has 0 radical (unpaired) electrons. The molecule has 12 nitrogen and oxygen atoms in total. The summed E-state index contributed by atoms with van der Waals surface area (Å²) < 4.78 is 14.2. The molecule has 0 saturated carbocycles. The first kappa shape index (κ1) is 39.3. The molecule has 0 bridgehead atoms. The zero-order valence-corrected chi connectivity index (χ0v) is 33.4. The quantitative estimate of drug-likeness (QED) is 0.0881. The van der Waals surface area contributed by atoms with Crippen LogP contribution < -0.4 is 9.80 Å². The van der Waals surface area contributed by atoms with Crippen LogP contribution in [-0.2, 0) is 36.0 Å². The zero-order valence-electron chi connectivity index (χ0n) is 32.4. The second kappa shape index (κ2) is 15.7. The van der Waals surface area contributed by atoms with E-state index in [0.29, 0.717) is 42.1 Å². The molecule has 13 heteroatoms. The van der Waals surface area contributed by atoms with Gasteiger partial charge in [0.2, 0.25) is 5.91 Å². The van der Waals surface area contributed by atoms with Crippen molar-refractivity contribution in [2.75, 3.05) is 23.0 Å². The number of rotatable bonds is 14. The molecular formula is C41H53N5O7Si. The Kier molecular flexibility index (Phi) is 11.4. The molecule has 54 heavy (non-hydrogen) atoms. The van der Waals surface area contributed by atoms with E-state index < -0.39 is 38.1 Å². The highest BCUT2D eigenvalue weighted by Crippen LogP contribution is 2.60. The van der Waals surface area contributed by atoms with E-state index >= 15 is 0 Å². The Morgan fingerprint density at radius 2 is 1.85 bits per heavy atom. The van der Waals surface area contributed by atoms with E-state index in [9.17, 15) is 24.3 Å². The van der Waals surface area contributed by atoms with Crippen LogP contribution in [0.3, 0.4) is 0 Å². The monoisotopic (exact) mass is 755 g/mol. The number of carbonyl (C=O) groups is 3. The first-order valence-corrected chi connectivity index (χ1v) is 21.9. The Labute approximate surface area is 318 Å². The Hall–Kier alpha value is -4.43. The lowest BCUT2D eigenvalue weighted by Crippen LogP contribution is -2.55. The zero-order chi connectivity index (χ0) is 38.9. The fourth-order valence-electron chi connectivity index (χ4n) is 8.48. The number of aryl methyl sites for hydroxylation is 1. The van der Waals surface area contributed by atoms with Gasteiger partial charge in [-0.25, -0.2) is 0 Å². The van der Waals surface area contributed by atoms with Crippen molar-refractivity contribution in [3.63, 3.8) is 0 Å². The fraction of sp³-hybridized carbons (Fsp3) is 0.488. The maximum absolute atomic E-state index is 15.0. The number of anilines is 2. The average Bonchev–Trinajstić information content (AvgIpc) is 3.76. The maximum atomic E-state index is 15.0. The Morgan fingerprint density at radius 1 is 1.11 bits per heavy atom. The van der Waals surface area contributed by atoms with Gasteiger partial charge in [-0.3, -0.25) is 24.0 Å². The number of aliphatic hydroxyl groups excluding tert-OH is 1. The van der Waals surface area contributed by atoms with Crippen LogP contribution in [0.2, 0.25) is 18.6 Å². The smallest absolute Gasteiger partial charge is 0.304 e. The van der Waals surface area contributed by atoms with E-state index in [1.807, 2.05) is 68.7 Å². The van der Waals surface area contributed by atoms with Crippen LogP contribution in [0.4, 0.5) is 11.4 Å². The number of aromatic nitrogens is 3. The van der Waals surface area contributed by atoms with Crippen molar-refractivity contribution in [3.05, 3.63) is 94.8 Å². The van der Waals surface area contributed by atoms with Gasteiger partial charge in [-0.1, -0.05) is 65.8 Å². The number of amides is 2. The lowest BCUT2D eigenvalue weighted by molar-refractivity contribution is -0.153. The molecule has 4 heterocycles. The van der Waals surface area contributed by atoms with Crippen LogP contribution in [-0.4, -0.2) is 76.5 Å². The molecule has 3 aliphatic rings. The molecule has 2 unspecified atom stereocenters. The SMILES string of the molecule is CC(=O)OC1CC(=O)N1c1ccc2c(c1)[C@]1(O[C@@H](CCn3cc(C(CO)c4ccccc4)nn3)[C@H]([Si](C)(C)O)[C@H]1C)C(=O)N2C/C=C(\C)CCC=C(C)C. The first-order valence-electron chi connectivity index (χ1n) is 18.9. The minimum atomic E-state index is -2.96. The predicted octanol–water partition coefficient (Wildman–Crippen LogP) is 5.96. The van der Waals surface area contributed by atoms with Crippen LogP contribution in [0.1, 0.15) is 83.0 Å². The van der Waals surface area contributed by atoms with E-state index in [0.717, 1.165) is 24.0 Å². The third kappa shape index (κ3) is 7.59. The number of nitrogens with zero attached hydrogens (tertiary/aromatic N) is 5. The van der Waals surface area contributed by atoms with Gasteiger partial charge in [-0.2, -0.15) is 0 Å². The average molecular weight is 756 g/mol. The number of benzene rings is 2. The summed E-state index contributed by atoms with van der Waals surface area (Å²) >= 11 is 0. The number of β-lactam (4-membered cyclic amide) rings is 1. The van der Waals surface area contributed by atoms with Crippen molar-refractivity contribution < 1.29 is 33.8 Å². The molecule has 3 aliphatic heterocycles. The van der Waals surface area contributed by atoms with Crippen LogP contribution >= 0.6 is 0 Å². The lowest BCUT2D eigenvalue weighted by atomic mass is 9.82. The Bertz CT molecular complexity index is 1930. The number of hydrogen-bond acceptors (Lipinski definition) is 9. The van der Waals surface area contributed by atoms with Gasteiger partial charge in [-0.15, -0.1) is 5.10 Å². The highest BCUT2D eigenvalue weighted by atomic mass is 28.4. The molecule has 2 amide bonds. The number of ether oxygens (including phenoxy) is 2. The summed E-state index contributed by atoms with van der Waals surface area (Å²) in [6.07, 6.45) is 7.21. The highest BCUT2D eigenvalue weighted by molar-refractivity contribution is 6.71. The van der Waals surface area contributed by atoms with Gasteiger partial charge in [0.25, 0.3) is 5.91 Å². The summed E-state index contributed by atoms with van der Waals surface area (Å²) in [5.74, 6) is -1.61. The summed E-state index contributed by atoms with van der Waals surface area (Å²) in [4.78, 5) is 54.8. The van der Waals surface area contributed by atoms with Crippen molar-refractivity contribution in [2.24, 2.45) is 5.92 Å². The second-order valence-electron chi connectivity index (χ2n) is 15.7. The van der Waals surface area contributed by atoms with E-state index in [1.54, 1.807) is 15.6 Å². The Balaban J connectivity index is 1.33. The normalized spacial score (nSPS) is 24.5. The minimum absolute atomic E-state index is 0.0828. The molecule has 2 aromatic carbocycles. The van der Waals surface area contributed by atoms with Gasteiger partial charge in [0.05, 0.1) is 36.4 Å². The van der Waals surface area contributed by atoms with E-state index in [1.165, 1.54) is 17.4 Å². The van der Waals surface area contributed by atoms with Crippen molar-refractivity contribution >= 4 is 37.5 Å². The molecule has 1 aromatic heterocycles. The highest BCUT2D eigenvalue weighted by Gasteiger charge is 2.66. The van der Waals surface area contributed by atoms with Gasteiger partial charge in [0.1, 0.15) is 0 Å².